The molecule has 0 aliphatic carbocycles. The van der Waals surface area contributed by atoms with E-state index in [0.717, 1.165) is 12.0 Å². The molecule has 18 heavy (non-hydrogen) atoms. The Bertz CT molecular complexity index is 432. The topological polar surface area (TPSA) is 66.8 Å². The first-order valence-corrected chi connectivity index (χ1v) is 5.91. The number of hydrogen-bond acceptors (Lipinski definition) is 4. The largest absolute Gasteiger partial charge is 0.480 e. The maximum Gasteiger partial charge on any atom is 0.329 e. The molecule has 0 saturated carbocycles. The minimum atomic E-state index is -0.944. The summed E-state index contributed by atoms with van der Waals surface area (Å²) in [6.07, 6.45) is 1.41. The lowest BCUT2D eigenvalue weighted by Crippen LogP contribution is -2.37. The number of carboxylic acid groups (broad SMARTS) is 1. The summed E-state index contributed by atoms with van der Waals surface area (Å²) in [7, 11) is 0. The molecular formula is C13H15NO4. The van der Waals surface area contributed by atoms with Crippen molar-refractivity contribution in [1.82, 2.24) is 5.06 Å². The molecule has 1 fully saturated rings. The molecule has 1 atom stereocenters. The van der Waals surface area contributed by atoms with Gasteiger partial charge < -0.3 is 9.94 Å². The Kier molecular flexibility index (Phi) is 3.94. The third kappa shape index (κ3) is 3.07. The van der Waals surface area contributed by atoms with Gasteiger partial charge in [-0.05, 0) is 18.4 Å². The second-order valence-corrected chi connectivity index (χ2v) is 4.26. The minimum absolute atomic E-state index is 0.156. The van der Waals surface area contributed by atoms with E-state index < -0.39 is 18.0 Å². The number of rotatable bonds is 4. The Morgan fingerprint density at radius 2 is 2.06 bits per heavy atom. The normalized spacial score (nSPS) is 19.7. The van der Waals surface area contributed by atoms with E-state index in [4.69, 9.17) is 9.94 Å². The number of carboxylic acids is 1. The van der Waals surface area contributed by atoms with Gasteiger partial charge in [-0.3, -0.25) is 4.79 Å². The molecular weight excluding hydrogens is 234 g/mol. The van der Waals surface area contributed by atoms with Gasteiger partial charge in [0.2, 0.25) is 0 Å². The first-order chi connectivity index (χ1) is 8.66. The van der Waals surface area contributed by atoms with Crippen LogP contribution in [0.3, 0.4) is 0 Å². The summed E-state index contributed by atoms with van der Waals surface area (Å²) < 4.78 is 0. The molecule has 0 radical (unpaired) electrons. The van der Waals surface area contributed by atoms with Gasteiger partial charge in [-0.25, -0.2) is 4.79 Å². The second-order valence-electron chi connectivity index (χ2n) is 4.26. The zero-order valence-electron chi connectivity index (χ0n) is 9.91. The molecule has 5 heteroatoms. The van der Waals surface area contributed by atoms with Crippen molar-refractivity contribution >= 4 is 11.9 Å². The number of carbonyl (C=O) groups excluding carboxylic acids is 1. The van der Waals surface area contributed by atoms with E-state index in [2.05, 4.69) is 0 Å². The molecule has 1 aliphatic rings. The predicted octanol–water partition coefficient (Wildman–Crippen LogP) is 1.24. The summed E-state index contributed by atoms with van der Waals surface area (Å²) in [4.78, 5) is 27.7. The van der Waals surface area contributed by atoms with Crippen LogP contribution in [-0.2, 0) is 20.8 Å². The lowest BCUT2D eigenvalue weighted by molar-refractivity contribution is -0.198. The van der Waals surface area contributed by atoms with Crippen molar-refractivity contribution in [2.24, 2.45) is 0 Å². The number of nitrogens with zero attached hydrogens (tertiary/aromatic N) is 1. The monoisotopic (exact) mass is 249 g/mol. The second kappa shape index (κ2) is 5.64. The van der Waals surface area contributed by atoms with Crippen molar-refractivity contribution in [3.8, 4) is 0 Å². The van der Waals surface area contributed by atoms with Crippen molar-refractivity contribution in [2.45, 2.75) is 25.3 Å². The van der Waals surface area contributed by atoms with Crippen molar-refractivity contribution < 1.29 is 19.5 Å². The van der Waals surface area contributed by atoms with E-state index in [0.29, 0.717) is 13.0 Å². The maximum atomic E-state index is 11.7. The van der Waals surface area contributed by atoms with E-state index in [9.17, 15) is 9.59 Å². The minimum Gasteiger partial charge on any atom is -0.480 e. The Hall–Kier alpha value is -1.88. The summed E-state index contributed by atoms with van der Waals surface area (Å²) in [6, 6.07) is 8.52. The van der Waals surface area contributed by atoms with Crippen LogP contribution in [0.5, 0.6) is 0 Å². The predicted molar refractivity (Wildman–Crippen MR) is 63.6 cm³/mol. The van der Waals surface area contributed by atoms with Crippen molar-refractivity contribution in [3.63, 3.8) is 0 Å². The van der Waals surface area contributed by atoms with Gasteiger partial charge in [-0.1, -0.05) is 30.3 Å². The van der Waals surface area contributed by atoms with Crippen LogP contribution >= 0.6 is 0 Å². The Balaban J connectivity index is 1.90. The highest BCUT2D eigenvalue weighted by molar-refractivity contribution is 5.75. The lowest BCUT2D eigenvalue weighted by Gasteiger charge is -2.19. The zero-order valence-corrected chi connectivity index (χ0v) is 9.91. The van der Waals surface area contributed by atoms with Crippen LogP contribution in [0.2, 0.25) is 0 Å². The number of hydrogen-bond donors (Lipinski definition) is 1. The van der Waals surface area contributed by atoms with E-state index >= 15 is 0 Å². The highest BCUT2D eigenvalue weighted by Gasteiger charge is 2.33. The molecule has 1 heterocycles. The highest BCUT2D eigenvalue weighted by Crippen LogP contribution is 2.18. The molecule has 0 bridgehead atoms. The average molecular weight is 249 g/mol. The number of carbonyl (C=O) groups is 2. The van der Waals surface area contributed by atoms with Gasteiger partial charge in [0.15, 0.2) is 0 Å². The van der Waals surface area contributed by atoms with Gasteiger partial charge in [0.05, 0.1) is 6.42 Å². The van der Waals surface area contributed by atoms with E-state index in [1.54, 1.807) is 0 Å². The standard InChI is InChI=1S/C13H15NO4/c15-12(9-10-5-2-1-3-6-10)18-14-8-4-7-11(14)13(16)17/h1-3,5-6,11H,4,7-9H2,(H,16,17)/t11-/m0/s1. The van der Waals surface area contributed by atoms with E-state index in [1.807, 2.05) is 30.3 Å². The van der Waals surface area contributed by atoms with Gasteiger partial charge in [0, 0.05) is 6.54 Å². The molecule has 0 unspecified atom stereocenters. The summed E-state index contributed by atoms with van der Waals surface area (Å²) >= 11 is 0. The third-order valence-corrected chi connectivity index (χ3v) is 2.90. The van der Waals surface area contributed by atoms with Crippen LogP contribution < -0.4 is 0 Å². The molecule has 0 amide bonds. The molecule has 1 aliphatic heterocycles. The smallest absolute Gasteiger partial charge is 0.329 e. The first kappa shape index (κ1) is 12.6. The first-order valence-electron chi connectivity index (χ1n) is 5.91. The molecule has 1 aromatic rings. The van der Waals surface area contributed by atoms with E-state index in [1.165, 1.54) is 5.06 Å². The Morgan fingerprint density at radius 1 is 1.33 bits per heavy atom. The van der Waals surface area contributed by atoms with Crippen LogP contribution in [0, 0.1) is 0 Å². The molecule has 5 nitrogen and oxygen atoms in total. The maximum absolute atomic E-state index is 11.7. The van der Waals surface area contributed by atoms with Crippen molar-refractivity contribution in [2.75, 3.05) is 6.54 Å². The van der Waals surface area contributed by atoms with E-state index in [-0.39, 0.29) is 6.42 Å². The Morgan fingerprint density at radius 3 is 2.72 bits per heavy atom. The average Bonchev–Trinajstić information content (AvgIpc) is 2.78. The SMILES string of the molecule is O=C(Cc1ccccc1)ON1CCC[C@H]1C(=O)O. The van der Waals surface area contributed by atoms with Gasteiger partial charge in [-0.2, -0.15) is 0 Å². The summed E-state index contributed by atoms with van der Waals surface area (Å²) in [5, 5.41) is 10.2. The summed E-state index contributed by atoms with van der Waals surface area (Å²) in [5.74, 6) is -1.37. The van der Waals surface area contributed by atoms with Gasteiger partial charge in [0.25, 0.3) is 0 Å². The fourth-order valence-electron chi connectivity index (χ4n) is 2.02. The van der Waals surface area contributed by atoms with Crippen LogP contribution in [0.15, 0.2) is 30.3 Å². The zero-order chi connectivity index (χ0) is 13.0. The van der Waals surface area contributed by atoms with Crippen LogP contribution in [0.25, 0.3) is 0 Å². The van der Waals surface area contributed by atoms with Crippen LogP contribution in [0.4, 0.5) is 0 Å². The number of benzene rings is 1. The number of aliphatic carboxylic acids is 1. The molecule has 2 rings (SSSR count). The molecule has 1 N–H and O–H groups in total. The molecule has 0 aromatic heterocycles. The van der Waals surface area contributed by atoms with Crippen molar-refractivity contribution in [3.05, 3.63) is 35.9 Å². The molecule has 0 spiro atoms. The van der Waals surface area contributed by atoms with Crippen LogP contribution in [-0.4, -0.2) is 34.7 Å². The quantitative estimate of drug-likeness (QED) is 0.869. The fourth-order valence-corrected chi connectivity index (χ4v) is 2.02. The van der Waals surface area contributed by atoms with Crippen molar-refractivity contribution in [1.29, 1.82) is 0 Å². The Labute approximate surface area is 105 Å². The molecule has 1 aromatic carbocycles. The summed E-state index contributed by atoms with van der Waals surface area (Å²) in [6.45, 7) is 0.484. The van der Waals surface area contributed by atoms with Gasteiger partial charge in [0.1, 0.15) is 6.04 Å². The lowest BCUT2D eigenvalue weighted by atomic mass is 10.2. The molecule has 1 saturated heterocycles. The third-order valence-electron chi connectivity index (χ3n) is 2.90. The molecule has 96 valence electrons. The number of hydroxylamine groups is 2. The summed E-state index contributed by atoms with van der Waals surface area (Å²) in [5.41, 5.74) is 0.855. The van der Waals surface area contributed by atoms with Crippen LogP contribution in [0.1, 0.15) is 18.4 Å². The van der Waals surface area contributed by atoms with Gasteiger partial charge >= 0.3 is 11.9 Å². The highest BCUT2D eigenvalue weighted by atomic mass is 16.7. The fraction of sp³-hybridized carbons (Fsp3) is 0.385. The van der Waals surface area contributed by atoms with Gasteiger partial charge in [-0.15, -0.1) is 5.06 Å².